The van der Waals surface area contributed by atoms with Gasteiger partial charge in [-0.1, -0.05) is 17.7 Å². The maximum absolute atomic E-state index is 6.09. The molecule has 0 aromatic heterocycles. The van der Waals surface area contributed by atoms with Crippen molar-refractivity contribution >= 4 is 11.6 Å². The number of likely N-dealkylation sites (tertiary alicyclic amines) is 1. The number of hydrogen-bond donors (Lipinski definition) is 1. The second kappa shape index (κ2) is 5.31. The average Bonchev–Trinajstić information content (AvgIpc) is 2.99. The van der Waals surface area contributed by atoms with Gasteiger partial charge in [-0.15, -0.1) is 0 Å². The number of fused-ring (bicyclic) bond motifs is 1. The number of rotatable bonds is 3. The van der Waals surface area contributed by atoms with E-state index in [0.29, 0.717) is 11.1 Å². The van der Waals surface area contributed by atoms with Crippen LogP contribution in [0.4, 0.5) is 0 Å². The van der Waals surface area contributed by atoms with Crippen molar-refractivity contribution in [2.24, 2.45) is 11.8 Å². The number of nitrogens with zero attached hydrogens (tertiary/aromatic N) is 1. The minimum Gasteiger partial charge on any atom is -0.495 e. The molecule has 0 radical (unpaired) electrons. The summed E-state index contributed by atoms with van der Waals surface area (Å²) in [6.45, 7) is 7.03. The molecule has 0 aliphatic carbocycles. The molecule has 3 rings (SSSR count). The molecule has 3 atom stereocenters. The maximum atomic E-state index is 6.09. The molecular formula is C15H21ClN2O. The fourth-order valence-electron chi connectivity index (χ4n) is 3.35. The number of ether oxygens (including phenoxy) is 1. The first-order valence-electron chi connectivity index (χ1n) is 6.97. The van der Waals surface area contributed by atoms with Crippen LogP contribution in [0.5, 0.6) is 5.75 Å². The third kappa shape index (κ3) is 2.47. The van der Waals surface area contributed by atoms with Crippen LogP contribution in [0.3, 0.4) is 0 Å². The number of hydrogen-bond acceptors (Lipinski definition) is 3. The Labute approximate surface area is 119 Å². The average molecular weight is 281 g/mol. The highest BCUT2D eigenvalue weighted by atomic mass is 35.5. The second-order valence-corrected chi connectivity index (χ2v) is 6.11. The van der Waals surface area contributed by atoms with Crippen LogP contribution in [0.2, 0.25) is 5.02 Å². The molecular weight excluding hydrogens is 260 g/mol. The standard InChI is InChI=1S/C15H21ClN2O/c1-10(11-3-4-14(16)15(5-11)19-2)18-8-12-6-17-7-13(12)9-18/h3-5,10,12-13,17H,6-9H2,1-2H3. The smallest absolute Gasteiger partial charge is 0.137 e. The van der Waals surface area contributed by atoms with Gasteiger partial charge in [0.05, 0.1) is 12.1 Å². The molecule has 2 saturated heterocycles. The fourth-order valence-corrected chi connectivity index (χ4v) is 3.55. The number of methoxy groups -OCH3 is 1. The first-order chi connectivity index (χ1) is 9.19. The fraction of sp³-hybridized carbons (Fsp3) is 0.600. The van der Waals surface area contributed by atoms with Gasteiger partial charge < -0.3 is 10.1 Å². The van der Waals surface area contributed by atoms with Crippen LogP contribution in [-0.2, 0) is 0 Å². The van der Waals surface area contributed by atoms with Gasteiger partial charge in [-0.3, -0.25) is 4.90 Å². The minimum atomic E-state index is 0.428. The molecule has 2 aliphatic rings. The highest BCUT2D eigenvalue weighted by Crippen LogP contribution is 2.35. The summed E-state index contributed by atoms with van der Waals surface area (Å²) < 4.78 is 5.31. The molecule has 1 aromatic rings. The van der Waals surface area contributed by atoms with Gasteiger partial charge in [-0.05, 0) is 49.5 Å². The van der Waals surface area contributed by atoms with E-state index in [2.05, 4.69) is 29.3 Å². The number of benzene rings is 1. The number of halogens is 1. The predicted octanol–water partition coefficient (Wildman–Crippen LogP) is 2.56. The van der Waals surface area contributed by atoms with Crippen LogP contribution in [0.1, 0.15) is 18.5 Å². The highest BCUT2D eigenvalue weighted by molar-refractivity contribution is 6.32. The van der Waals surface area contributed by atoms with E-state index in [4.69, 9.17) is 16.3 Å². The predicted molar refractivity (Wildman–Crippen MR) is 77.8 cm³/mol. The van der Waals surface area contributed by atoms with Crippen molar-refractivity contribution in [2.75, 3.05) is 33.3 Å². The van der Waals surface area contributed by atoms with Gasteiger partial charge >= 0.3 is 0 Å². The van der Waals surface area contributed by atoms with E-state index < -0.39 is 0 Å². The van der Waals surface area contributed by atoms with Gasteiger partial charge in [0.25, 0.3) is 0 Å². The van der Waals surface area contributed by atoms with E-state index in [1.807, 2.05) is 6.07 Å². The Morgan fingerprint density at radius 3 is 2.63 bits per heavy atom. The molecule has 0 spiro atoms. The lowest BCUT2D eigenvalue weighted by Crippen LogP contribution is -2.28. The molecule has 2 aliphatic heterocycles. The molecule has 1 aromatic carbocycles. The molecule has 4 heteroatoms. The Hall–Kier alpha value is -0.770. The summed E-state index contributed by atoms with van der Waals surface area (Å²) in [5.74, 6) is 2.43. The molecule has 0 saturated carbocycles. The van der Waals surface area contributed by atoms with Crippen LogP contribution < -0.4 is 10.1 Å². The first-order valence-corrected chi connectivity index (χ1v) is 7.35. The summed E-state index contributed by atoms with van der Waals surface area (Å²) in [6, 6.07) is 6.54. The topological polar surface area (TPSA) is 24.5 Å². The van der Waals surface area contributed by atoms with Crippen molar-refractivity contribution in [1.82, 2.24) is 10.2 Å². The molecule has 0 amide bonds. The monoisotopic (exact) mass is 280 g/mol. The largest absolute Gasteiger partial charge is 0.495 e. The normalized spacial score (nSPS) is 28.4. The molecule has 0 bridgehead atoms. The molecule has 2 fully saturated rings. The third-order valence-electron chi connectivity index (χ3n) is 4.62. The zero-order valence-electron chi connectivity index (χ0n) is 11.5. The summed E-state index contributed by atoms with van der Waals surface area (Å²) >= 11 is 6.09. The molecule has 3 nitrogen and oxygen atoms in total. The molecule has 3 unspecified atom stereocenters. The van der Waals surface area contributed by atoms with E-state index in [0.717, 1.165) is 17.6 Å². The Balaban J connectivity index is 1.75. The molecule has 19 heavy (non-hydrogen) atoms. The SMILES string of the molecule is COc1cc(C(C)N2CC3CNCC3C2)ccc1Cl. The summed E-state index contributed by atoms with van der Waals surface area (Å²) in [5.41, 5.74) is 1.29. The van der Waals surface area contributed by atoms with E-state index >= 15 is 0 Å². The van der Waals surface area contributed by atoms with Crippen molar-refractivity contribution in [1.29, 1.82) is 0 Å². The van der Waals surface area contributed by atoms with Gasteiger partial charge in [0, 0.05) is 19.1 Å². The van der Waals surface area contributed by atoms with Gasteiger partial charge in [0.15, 0.2) is 0 Å². The quantitative estimate of drug-likeness (QED) is 0.921. The molecule has 104 valence electrons. The van der Waals surface area contributed by atoms with E-state index in [9.17, 15) is 0 Å². The Morgan fingerprint density at radius 2 is 2.00 bits per heavy atom. The van der Waals surface area contributed by atoms with Gasteiger partial charge in [-0.2, -0.15) is 0 Å². The summed E-state index contributed by atoms with van der Waals surface area (Å²) in [5, 5.41) is 4.17. The summed E-state index contributed by atoms with van der Waals surface area (Å²) in [6.07, 6.45) is 0. The van der Waals surface area contributed by atoms with Crippen LogP contribution >= 0.6 is 11.6 Å². The van der Waals surface area contributed by atoms with Crippen molar-refractivity contribution in [2.45, 2.75) is 13.0 Å². The van der Waals surface area contributed by atoms with Crippen molar-refractivity contribution in [3.05, 3.63) is 28.8 Å². The van der Waals surface area contributed by atoms with Crippen LogP contribution in [0.15, 0.2) is 18.2 Å². The van der Waals surface area contributed by atoms with Crippen molar-refractivity contribution in [3.8, 4) is 5.75 Å². The first kappa shape index (κ1) is 13.2. The zero-order chi connectivity index (χ0) is 13.4. The maximum Gasteiger partial charge on any atom is 0.137 e. The highest BCUT2D eigenvalue weighted by Gasteiger charge is 2.37. The Kier molecular flexibility index (Phi) is 3.70. The molecule has 1 N–H and O–H groups in total. The van der Waals surface area contributed by atoms with Crippen LogP contribution in [0.25, 0.3) is 0 Å². The summed E-state index contributed by atoms with van der Waals surface area (Å²) in [7, 11) is 1.67. The zero-order valence-corrected chi connectivity index (χ0v) is 12.3. The van der Waals surface area contributed by atoms with Crippen molar-refractivity contribution < 1.29 is 4.74 Å². The van der Waals surface area contributed by atoms with E-state index in [1.54, 1.807) is 7.11 Å². The van der Waals surface area contributed by atoms with E-state index in [1.165, 1.54) is 31.7 Å². The number of nitrogens with one attached hydrogen (secondary N) is 1. The third-order valence-corrected chi connectivity index (χ3v) is 4.94. The van der Waals surface area contributed by atoms with Crippen molar-refractivity contribution in [3.63, 3.8) is 0 Å². The van der Waals surface area contributed by atoms with Gasteiger partial charge in [-0.25, -0.2) is 0 Å². The minimum absolute atomic E-state index is 0.428. The Morgan fingerprint density at radius 1 is 1.32 bits per heavy atom. The second-order valence-electron chi connectivity index (χ2n) is 5.70. The van der Waals surface area contributed by atoms with E-state index in [-0.39, 0.29) is 0 Å². The lowest BCUT2D eigenvalue weighted by atomic mass is 10.0. The van der Waals surface area contributed by atoms with Gasteiger partial charge in [0.1, 0.15) is 5.75 Å². The lowest BCUT2D eigenvalue weighted by molar-refractivity contribution is 0.243. The summed E-state index contributed by atoms with van der Waals surface area (Å²) in [4.78, 5) is 2.58. The van der Waals surface area contributed by atoms with Crippen LogP contribution in [0, 0.1) is 11.8 Å². The molecule has 2 heterocycles. The lowest BCUT2D eigenvalue weighted by Gasteiger charge is -2.26. The van der Waals surface area contributed by atoms with Crippen LogP contribution in [-0.4, -0.2) is 38.2 Å². The van der Waals surface area contributed by atoms with Gasteiger partial charge in [0.2, 0.25) is 0 Å². The Bertz CT molecular complexity index is 453.